The molecule has 0 aromatic heterocycles. The van der Waals surface area contributed by atoms with Crippen molar-refractivity contribution in [1.29, 1.82) is 0 Å². The first-order valence-electron chi connectivity index (χ1n) is 4.14. The summed E-state index contributed by atoms with van der Waals surface area (Å²) in [5.74, 6) is 0.151. The van der Waals surface area contributed by atoms with Crippen LogP contribution in [0, 0.1) is 0 Å². The molecule has 1 rings (SSSR count). The zero-order chi connectivity index (χ0) is 8.69. The van der Waals surface area contributed by atoms with Crippen molar-refractivity contribution in [3.8, 4) is 0 Å². The smallest absolute Gasteiger partial charge is 0.219 e. The molecule has 0 aromatic carbocycles. The van der Waals surface area contributed by atoms with Gasteiger partial charge in [0.05, 0.1) is 13.2 Å². The fraction of sp³-hybridized carbons (Fsp3) is 0.875. The van der Waals surface area contributed by atoms with Gasteiger partial charge in [-0.25, -0.2) is 0 Å². The Balaban J connectivity index is 0. The molecular weight excluding hydrogens is 269 g/mol. The van der Waals surface area contributed by atoms with Crippen molar-refractivity contribution >= 4 is 29.9 Å². The topological polar surface area (TPSA) is 29.5 Å². The molecular formula is C8H18INO2. The zero-order valence-corrected chi connectivity index (χ0v) is 10.3. The Hall–Kier alpha value is 0.160. The largest absolute Gasteiger partial charge is 0.378 e. The fourth-order valence-electron chi connectivity index (χ4n) is 0.878. The van der Waals surface area contributed by atoms with E-state index in [-0.39, 0.29) is 29.9 Å². The molecule has 0 aliphatic carbocycles. The third kappa shape index (κ3) is 5.77. The highest BCUT2D eigenvalue weighted by molar-refractivity contribution is 14.0. The summed E-state index contributed by atoms with van der Waals surface area (Å²) in [5.41, 5.74) is 0. The Labute approximate surface area is 91.5 Å². The molecule has 3 nitrogen and oxygen atoms in total. The number of nitrogens with zero attached hydrogens (tertiary/aromatic N) is 1. The number of hydrogen-bond acceptors (Lipinski definition) is 2. The van der Waals surface area contributed by atoms with Crippen molar-refractivity contribution in [2.24, 2.45) is 0 Å². The molecule has 0 aromatic rings. The van der Waals surface area contributed by atoms with E-state index in [4.69, 9.17) is 4.74 Å². The number of morpholine rings is 1. The maximum Gasteiger partial charge on any atom is 0.219 e. The van der Waals surface area contributed by atoms with E-state index in [0.717, 1.165) is 13.1 Å². The molecule has 1 aliphatic heterocycles. The molecule has 1 fully saturated rings. The van der Waals surface area contributed by atoms with E-state index in [1.807, 2.05) is 13.8 Å². The van der Waals surface area contributed by atoms with Gasteiger partial charge in [-0.05, 0) is 0 Å². The van der Waals surface area contributed by atoms with E-state index in [2.05, 4.69) is 0 Å². The Bertz CT molecular complexity index is 114. The molecule has 1 amide bonds. The summed E-state index contributed by atoms with van der Waals surface area (Å²) < 4.78 is 5.06. The molecule has 12 heavy (non-hydrogen) atoms. The van der Waals surface area contributed by atoms with Gasteiger partial charge in [0, 0.05) is 20.0 Å². The lowest BCUT2D eigenvalue weighted by Crippen LogP contribution is -2.39. The minimum absolute atomic E-state index is 0. The summed E-state index contributed by atoms with van der Waals surface area (Å²) in [6.45, 7) is 8.50. The quantitative estimate of drug-likeness (QED) is 0.632. The number of hydrogen-bond donors (Lipinski definition) is 0. The van der Waals surface area contributed by atoms with Crippen LogP contribution in [-0.4, -0.2) is 37.1 Å². The van der Waals surface area contributed by atoms with E-state index in [1.165, 1.54) is 0 Å². The molecule has 0 spiro atoms. The Kier molecular flexibility index (Phi) is 11.3. The molecule has 0 saturated carbocycles. The standard InChI is InChI=1S/C6H11NO2.C2H6.HI/c1-6(8)7-2-4-9-5-3-7;1-2;/h2-5H2,1H3;1-2H3;1H. The van der Waals surface area contributed by atoms with Crippen LogP contribution in [0.1, 0.15) is 20.8 Å². The maximum atomic E-state index is 10.7. The highest BCUT2D eigenvalue weighted by Gasteiger charge is 2.11. The van der Waals surface area contributed by atoms with Gasteiger partial charge < -0.3 is 9.64 Å². The lowest BCUT2D eigenvalue weighted by Gasteiger charge is -2.25. The van der Waals surface area contributed by atoms with Crippen LogP contribution < -0.4 is 0 Å². The first-order chi connectivity index (χ1) is 5.30. The number of carbonyl (C=O) groups excluding carboxylic acids is 1. The summed E-state index contributed by atoms with van der Waals surface area (Å²) in [6.07, 6.45) is 0. The summed E-state index contributed by atoms with van der Waals surface area (Å²) in [4.78, 5) is 12.5. The summed E-state index contributed by atoms with van der Waals surface area (Å²) in [6, 6.07) is 0. The second-order valence-electron chi connectivity index (χ2n) is 2.12. The van der Waals surface area contributed by atoms with Gasteiger partial charge in [0.25, 0.3) is 0 Å². The SMILES string of the molecule is CC.CC(=O)N1CCOCC1.I. The molecule has 1 aliphatic rings. The molecule has 0 bridgehead atoms. The van der Waals surface area contributed by atoms with Crippen molar-refractivity contribution in [3.63, 3.8) is 0 Å². The van der Waals surface area contributed by atoms with E-state index in [1.54, 1.807) is 11.8 Å². The fourth-order valence-corrected chi connectivity index (χ4v) is 0.878. The zero-order valence-electron chi connectivity index (χ0n) is 8.00. The number of amides is 1. The van der Waals surface area contributed by atoms with Crippen molar-refractivity contribution < 1.29 is 9.53 Å². The van der Waals surface area contributed by atoms with Crippen LogP contribution in [0.2, 0.25) is 0 Å². The van der Waals surface area contributed by atoms with Crippen LogP contribution in [0.3, 0.4) is 0 Å². The molecule has 0 radical (unpaired) electrons. The van der Waals surface area contributed by atoms with Gasteiger partial charge in [0.1, 0.15) is 0 Å². The molecule has 1 saturated heterocycles. The van der Waals surface area contributed by atoms with Gasteiger partial charge in [-0.3, -0.25) is 4.79 Å². The van der Waals surface area contributed by atoms with Crippen LogP contribution in [0.5, 0.6) is 0 Å². The second kappa shape index (κ2) is 9.25. The average molecular weight is 287 g/mol. The average Bonchev–Trinajstić information content (AvgIpc) is 2.10. The minimum atomic E-state index is 0. The monoisotopic (exact) mass is 287 g/mol. The predicted molar refractivity (Wildman–Crippen MR) is 59.8 cm³/mol. The lowest BCUT2D eigenvalue weighted by atomic mass is 10.4. The summed E-state index contributed by atoms with van der Waals surface area (Å²) in [5, 5.41) is 0. The van der Waals surface area contributed by atoms with Gasteiger partial charge >= 0.3 is 0 Å². The summed E-state index contributed by atoms with van der Waals surface area (Å²) >= 11 is 0. The highest BCUT2D eigenvalue weighted by Crippen LogP contribution is 1.95. The van der Waals surface area contributed by atoms with Gasteiger partial charge in [0.2, 0.25) is 5.91 Å². The minimum Gasteiger partial charge on any atom is -0.378 e. The molecule has 4 heteroatoms. The Morgan fingerprint density at radius 2 is 1.67 bits per heavy atom. The Morgan fingerprint density at radius 3 is 1.92 bits per heavy atom. The predicted octanol–water partition coefficient (Wildman–Crippen LogP) is 1.51. The third-order valence-electron chi connectivity index (χ3n) is 1.46. The molecule has 1 heterocycles. The van der Waals surface area contributed by atoms with E-state index >= 15 is 0 Å². The first-order valence-corrected chi connectivity index (χ1v) is 4.14. The first kappa shape index (κ1) is 14.7. The van der Waals surface area contributed by atoms with Gasteiger partial charge in [-0.1, -0.05) is 13.8 Å². The van der Waals surface area contributed by atoms with Crippen molar-refractivity contribution in [1.82, 2.24) is 4.90 Å². The van der Waals surface area contributed by atoms with E-state index < -0.39 is 0 Å². The number of rotatable bonds is 0. The molecule has 0 N–H and O–H groups in total. The maximum absolute atomic E-state index is 10.7. The second-order valence-corrected chi connectivity index (χ2v) is 2.12. The van der Waals surface area contributed by atoms with Crippen molar-refractivity contribution in [3.05, 3.63) is 0 Å². The van der Waals surface area contributed by atoms with Crippen LogP contribution >= 0.6 is 24.0 Å². The van der Waals surface area contributed by atoms with Crippen LogP contribution in [-0.2, 0) is 9.53 Å². The van der Waals surface area contributed by atoms with Gasteiger partial charge in [0.15, 0.2) is 0 Å². The number of carbonyl (C=O) groups is 1. The Morgan fingerprint density at radius 1 is 1.25 bits per heavy atom. The molecule has 74 valence electrons. The third-order valence-corrected chi connectivity index (χ3v) is 1.46. The number of halogens is 1. The van der Waals surface area contributed by atoms with E-state index in [9.17, 15) is 4.79 Å². The number of ether oxygens (including phenoxy) is 1. The molecule has 0 atom stereocenters. The van der Waals surface area contributed by atoms with Crippen LogP contribution in [0.25, 0.3) is 0 Å². The van der Waals surface area contributed by atoms with Gasteiger partial charge in [-0.15, -0.1) is 24.0 Å². The van der Waals surface area contributed by atoms with Crippen LogP contribution in [0.4, 0.5) is 0 Å². The normalized spacial score (nSPS) is 15.4. The summed E-state index contributed by atoms with van der Waals surface area (Å²) in [7, 11) is 0. The van der Waals surface area contributed by atoms with Crippen LogP contribution in [0.15, 0.2) is 0 Å². The molecule has 0 unspecified atom stereocenters. The van der Waals surface area contributed by atoms with Crippen molar-refractivity contribution in [2.75, 3.05) is 26.3 Å². The van der Waals surface area contributed by atoms with Crippen molar-refractivity contribution in [2.45, 2.75) is 20.8 Å². The van der Waals surface area contributed by atoms with E-state index in [0.29, 0.717) is 13.2 Å². The van der Waals surface area contributed by atoms with Gasteiger partial charge in [-0.2, -0.15) is 0 Å². The highest BCUT2D eigenvalue weighted by atomic mass is 127. The lowest BCUT2D eigenvalue weighted by molar-refractivity contribution is -0.132.